The number of anilines is 1. The van der Waals surface area contributed by atoms with Gasteiger partial charge in [0.2, 0.25) is 10.9 Å². The fourth-order valence-electron chi connectivity index (χ4n) is 2.79. The van der Waals surface area contributed by atoms with Crippen molar-refractivity contribution in [1.82, 2.24) is 4.98 Å². The van der Waals surface area contributed by atoms with Crippen molar-refractivity contribution in [3.05, 3.63) is 88.0 Å². The lowest BCUT2D eigenvalue weighted by molar-refractivity contribution is -0.385. The molecular weight excluding hydrogens is 445 g/mol. The summed E-state index contributed by atoms with van der Waals surface area (Å²) in [7, 11) is 0. The SMILES string of the molecule is O=[N+]([O-])c1cc(C(F)(F)F)ccc1Oc1cccc(/C=N/Nc2nc3ccccc3s2)c1. The molecule has 162 valence electrons. The van der Waals surface area contributed by atoms with Crippen LogP contribution in [0.15, 0.2) is 71.8 Å². The van der Waals surface area contributed by atoms with Crippen molar-refractivity contribution >= 4 is 38.6 Å². The van der Waals surface area contributed by atoms with Crippen molar-refractivity contribution in [3.8, 4) is 11.5 Å². The van der Waals surface area contributed by atoms with Gasteiger partial charge in [0.1, 0.15) is 5.75 Å². The maximum Gasteiger partial charge on any atom is 0.416 e. The number of hydrogen-bond acceptors (Lipinski definition) is 7. The van der Waals surface area contributed by atoms with Crippen molar-refractivity contribution in [2.45, 2.75) is 6.18 Å². The number of rotatable bonds is 6. The van der Waals surface area contributed by atoms with Crippen LogP contribution in [0.1, 0.15) is 11.1 Å². The van der Waals surface area contributed by atoms with Crippen LogP contribution in [0.25, 0.3) is 10.2 Å². The number of halogens is 3. The topological polar surface area (TPSA) is 89.7 Å². The average Bonchev–Trinajstić information content (AvgIpc) is 3.16. The summed E-state index contributed by atoms with van der Waals surface area (Å²) in [5.41, 5.74) is 2.38. The molecule has 0 amide bonds. The Labute approximate surface area is 182 Å². The van der Waals surface area contributed by atoms with E-state index in [1.54, 1.807) is 18.2 Å². The van der Waals surface area contributed by atoms with Crippen LogP contribution in [0.5, 0.6) is 11.5 Å². The first kappa shape index (κ1) is 21.2. The second-order valence-corrected chi connectivity index (χ2v) is 7.50. The zero-order valence-electron chi connectivity index (χ0n) is 16.0. The van der Waals surface area contributed by atoms with Gasteiger partial charge in [-0.25, -0.2) is 4.98 Å². The summed E-state index contributed by atoms with van der Waals surface area (Å²) in [5.74, 6) is -0.0958. The van der Waals surface area contributed by atoms with Crippen LogP contribution in [-0.4, -0.2) is 16.1 Å². The minimum absolute atomic E-state index is 0.205. The van der Waals surface area contributed by atoms with Crippen molar-refractivity contribution in [3.63, 3.8) is 0 Å². The van der Waals surface area contributed by atoms with Crippen LogP contribution in [0.2, 0.25) is 0 Å². The molecule has 11 heteroatoms. The van der Waals surface area contributed by atoms with E-state index in [9.17, 15) is 23.3 Å². The number of alkyl halides is 3. The molecule has 7 nitrogen and oxygen atoms in total. The van der Waals surface area contributed by atoms with Crippen LogP contribution in [-0.2, 0) is 6.18 Å². The standard InChI is InChI=1S/C21H13F3N4O3S/c22-21(23,24)14-8-9-18(17(11-14)28(29)30)31-15-5-3-4-13(10-15)12-25-27-20-26-16-6-1-2-7-19(16)32-20/h1-12H,(H,26,27)/b25-12+. The molecular formula is C21H13F3N4O3S. The average molecular weight is 458 g/mol. The highest BCUT2D eigenvalue weighted by Crippen LogP contribution is 2.37. The van der Waals surface area contributed by atoms with Crippen molar-refractivity contribution in [2.75, 3.05) is 5.43 Å². The molecule has 32 heavy (non-hydrogen) atoms. The molecule has 4 rings (SSSR count). The fourth-order valence-corrected chi connectivity index (χ4v) is 3.61. The fraction of sp³-hybridized carbons (Fsp3) is 0.0476. The minimum atomic E-state index is -4.70. The maximum atomic E-state index is 12.9. The molecule has 0 fully saturated rings. The summed E-state index contributed by atoms with van der Waals surface area (Å²) in [5, 5.41) is 16.0. The summed E-state index contributed by atoms with van der Waals surface area (Å²) in [6, 6.07) is 16.2. The van der Waals surface area contributed by atoms with Gasteiger partial charge in [-0.2, -0.15) is 18.3 Å². The van der Waals surface area contributed by atoms with Crippen LogP contribution < -0.4 is 10.2 Å². The number of para-hydroxylation sites is 1. The summed E-state index contributed by atoms with van der Waals surface area (Å²) in [6.45, 7) is 0. The van der Waals surface area contributed by atoms with Crippen LogP contribution in [0.3, 0.4) is 0 Å². The number of benzene rings is 3. The minimum Gasteiger partial charge on any atom is -0.450 e. The van der Waals surface area contributed by atoms with Gasteiger partial charge in [-0.05, 0) is 42.0 Å². The molecule has 0 saturated heterocycles. The molecule has 0 unspecified atom stereocenters. The van der Waals surface area contributed by atoms with Gasteiger partial charge in [-0.15, -0.1) is 0 Å². The van der Waals surface area contributed by atoms with E-state index in [0.717, 1.165) is 22.3 Å². The molecule has 0 saturated carbocycles. The number of thiazole rings is 1. The molecule has 0 radical (unpaired) electrons. The van der Waals surface area contributed by atoms with E-state index in [2.05, 4.69) is 15.5 Å². The highest BCUT2D eigenvalue weighted by Gasteiger charge is 2.33. The molecule has 0 spiro atoms. The molecule has 0 aliphatic carbocycles. The summed E-state index contributed by atoms with van der Waals surface area (Å²) < 4.78 is 45.1. The van der Waals surface area contributed by atoms with Gasteiger partial charge < -0.3 is 4.74 Å². The Morgan fingerprint density at radius 1 is 1.09 bits per heavy atom. The highest BCUT2D eigenvalue weighted by atomic mass is 32.1. The lowest BCUT2D eigenvalue weighted by Crippen LogP contribution is -2.06. The predicted molar refractivity (Wildman–Crippen MR) is 115 cm³/mol. The zero-order chi connectivity index (χ0) is 22.7. The van der Waals surface area contributed by atoms with Gasteiger partial charge in [-0.3, -0.25) is 15.5 Å². The number of fused-ring (bicyclic) bond motifs is 1. The Kier molecular flexibility index (Phi) is 5.73. The Balaban J connectivity index is 1.50. The molecule has 0 bridgehead atoms. The van der Waals surface area contributed by atoms with Crippen molar-refractivity contribution in [2.24, 2.45) is 5.10 Å². The Hall–Kier alpha value is -3.99. The number of nitro groups is 1. The first-order valence-corrected chi connectivity index (χ1v) is 9.89. The monoisotopic (exact) mass is 458 g/mol. The van der Waals surface area contributed by atoms with E-state index in [0.29, 0.717) is 16.8 Å². The quantitative estimate of drug-likeness (QED) is 0.203. The zero-order valence-corrected chi connectivity index (χ0v) is 16.9. The normalized spacial score (nSPS) is 11.7. The van der Waals surface area contributed by atoms with Gasteiger partial charge in [0, 0.05) is 6.07 Å². The molecule has 0 aliphatic rings. The van der Waals surface area contributed by atoms with Gasteiger partial charge >= 0.3 is 11.9 Å². The van der Waals surface area contributed by atoms with Crippen molar-refractivity contribution < 1.29 is 22.8 Å². The van der Waals surface area contributed by atoms with Crippen LogP contribution >= 0.6 is 11.3 Å². The second kappa shape index (κ2) is 8.63. The number of nitrogens with zero attached hydrogens (tertiary/aromatic N) is 3. The van der Waals surface area contributed by atoms with Crippen LogP contribution in [0.4, 0.5) is 24.0 Å². The highest BCUT2D eigenvalue weighted by molar-refractivity contribution is 7.22. The summed E-state index contributed by atoms with van der Waals surface area (Å²) in [6.07, 6.45) is -3.20. The van der Waals surface area contributed by atoms with Gasteiger partial charge in [0.25, 0.3) is 0 Å². The van der Waals surface area contributed by atoms with E-state index >= 15 is 0 Å². The number of hydrogen-bond donors (Lipinski definition) is 1. The third-order valence-corrected chi connectivity index (χ3v) is 5.18. The first-order chi connectivity index (χ1) is 15.3. The predicted octanol–water partition coefficient (Wildman–Crippen LogP) is 6.46. The Morgan fingerprint density at radius 3 is 2.66 bits per heavy atom. The Bertz CT molecular complexity index is 1290. The third kappa shape index (κ3) is 4.83. The largest absolute Gasteiger partial charge is 0.450 e. The Morgan fingerprint density at radius 2 is 1.91 bits per heavy atom. The first-order valence-electron chi connectivity index (χ1n) is 9.08. The van der Waals surface area contributed by atoms with E-state index in [4.69, 9.17) is 4.74 Å². The molecule has 0 atom stereocenters. The van der Waals surface area contributed by atoms with E-state index in [1.165, 1.54) is 23.6 Å². The van der Waals surface area contributed by atoms with E-state index < -0.39 is 22.4 Å². The van der Waals surface area contributed by atoms with E-state index in [-0.39, 0.29) is 11.5 Å². The number of nitro benzene ring substituents is 1. The second-order valence-electron chi connectivity index (χ2n) is 6.47. The number of aromatic nitrogens is 1. The summed E-state index contributed by atoms with van der Waals surface area (Å²) in [4.78, 5) is 14.7. The van der Waals surface area contributed by atoms with E-state index in [1.807, 2.05) is 24.3 Å². The number of nitrogens with one attached hydrogen (secondary N) is 1. The number of ether oxygens (including phenoxy) is 1. The molecule has 3 aromatic carbocycles. The third-order valence-electron chi connectivity index (χ3n) is 4.24. The number of hydrazone groups is 1. The van der Waals surface area contributed by atoms with Gasteiger partial charge in [0.05, 0.1) is 26.9 Å². The summed E-state index contributed by atoms with van der Waals surface area (Å²) >= 11 is 1.44. The molecule has 0 aliphatic heterocycles. The van der Waals surface area contributed by atoms with Gasteiger partial charge in [-0.1, -0.05) is 35.6 Å². The molecule has 1 aromatic heterocycles. The molecule has 1 heterocycles. The lowest BCUT2D eigenvalue weighted by Gasteiger charge is -2.10. The smallest absolute Gasteiger partial charge is 0.416 e. The van der Waals surface area contributed by atoms with Crippen molar-refractivity contribution in [1.29, 1.82) is 0 Å². The van der Waals surface area contributed by atoms with Crippen LogP contribution in [0, 0.1) is 10.1 Å². The molecule has 1 N–H and O–H groups in total. The molecule has 4 aromatic rings. The van der Waals surface area contributed by atoms with Gasteiger partial charge in [0.15, 0.2) is 0 Å². The maximum absolute atomic E-state index is 12.9. The lowest BCUT2D eigenvalue weighted by atomic mass is 10.2.